The van der Waals surface area contributed by atoms with Gasteiger partial charge in [0.05, 0.1) is 25.5 Å². The Morgan fingerprint density at radius 3 is 2.77 bits per heavy atom. The summed E-state index contributed by atoms with van der Waals surface area (Å²) in [6.07, 6.45) is 8.23. The molecule has 2 aromatic heterocycles. The van der Waals surface area contributed by atoms with Gasteiger partial charge in [-0.2, -0.15) is 0 Å². The van der Waals surface area contributed by atoms with E-state index in [1.807, 2.05) is 42.6 Å². The Bertz CT molecular complexity index is 993. The number of rotatable bonds is 10. The van der Waals surface area contributed by atoms with Crippen molar-refractivity contribution in [2.75, 3.05) is 7.11 Å². The summed E-state index contributed by atoms with van der Waals surface area (Å²) in [7, 11) is 1.43. The molecule has 0 spiro atoms. The normalized spacial score (nSPS) is 11.6. The molecule has 30 heavy (non-hydrogen) atoms. The van der Waals surface area contributed by atoms with Crippen LogP contribution in [0.3, 0.4) is 0 Å². The number of halogens is 1. The fourth-order valence-electron chi connectivity index (χ4n) is 3.31. The lowest BCUT2D eigenvalue weighted by atomic mass is 10.1. The number of nitrogens with zero attached hydrogens (tertiary/aromatic N) is 2. The van der Waals surface area contributed by atoms with Gasteiger partial charge in [-0.05, 0) is 48.4 Å². The smallest absolute Gasteiger partial charge is 0.333 e. The first-order valence-corrected chi connectivity index (χ1v) is 11.5. The van der Waals surface area contributed by atoms with E-state index in [0.717, 1.165) is 47.8 Å². The van der Waals surface area contributed by atoms with Crippen LogP contribution in [-0.2, 0) is 28.9 Å². The predicted octanol–water partition coefficient (Wildman–Crippen LogP) is 6.18. The van der Waals surface area contributed by atoms with Crippen LogP contribution in [0.25, 0.3) is 6.08 Å². The van der Waals surface area contributed by atoms with Crippen LogP contribution in [0.5, 0.6) is 0 Å². The van der Waals surface area contributed by atoms with Crippen LogP contribution in [-0.4, -0.2) is 22.6 Å². The van der Waals surface area contributed by atoms with Crippen molar-refractivity contribution in [3.63, 3.8) is 0 Å². The number of thiophene rings is 1. The number of carbonyl (C=O) groups is 1. The maximum atomic E-state index is 12.4. The second-order valence-corrected chi connectivity index (χ2v) is 8.56. The first-order chi connectivity index (χ1) is 14.6. The Morgan fingerprint density at radius 2 is 2.07 bits per heavy atom. The number of esters is 1. The Balaban J connectivity index is 1.93. The van der Waals surface area contributed by atoms with E-state index in [0.29, 0.717) is 18.5 Å². The molecule has 0 bridgehead atoms. The summed E-state index contributed by atoms with van der Waals surface area (Å²) in [4.78, 5) is 18.3. The lowest BCUT2D eigenvalue weighted by Gasteiger charge is -2.13. The Kier molecular flexibility index (Phi) is 8.29. The van der Waals surface area contributed by atoms with Gasteiger partial charge in [-0.25, -0.2) is 9.78 Å². The minimum absolute atomic E-state index is 0.299. The van der Waals surface area contributed by atoms with Crippen molar-refractivity contribution in [1.82, 2.24) is 9.55 Å². The molecular weight excluding hydrogens is 416 g/mol. The first-order valence-electron chi connectivity index (χ1n) is 10.2. The number of aryl methyl sites for hydroxylation is 2. The number of hydrogen-bond acceptors (Lipinski definition) is 4. The van der Waals surface area contributed by atoms with E-state index < -0.39 is 0 Å². The molecule has 1 aromatic carbocycles. The van der Waals surface area contributed by atoms with E-state index in [1.54, 1.807) is 11.3 Å². The van der Waals surface area contributed by atoms with Crippen LogP contribution in [0.1, 0.15) is 48.1 Å². The average molecular weight is 443 g/mol. The van der Waals surface area contributed by atoms with Crippen LogP contribution in [0, 0.1) is 0 Å². The topological polar surface area (TPSA) is 44.1 Å². The quantitative estimate of drug-likeness (QED) is 0.278. The summed E-state index contributed by atoms with van der Waals surface area (Å²) in [5.41, 5.74) is 2.57. The number of carbonyl (C=O) groups excluding carboxylic acids is 1. The molecule has 0 amide bonds. The molecule has 0 fully saturated rings. The molecule has 3 rings (SSSR count). The number of aromatic nitrogens is 2. The van der Waals surface area contributed by atoms with Gasteiger partial charge < -0.3 is 9.30 Å². The van der Waals surface area contributed by atoms with Gasteiger partial charge >= 0.3 is 5.97 Å². The molecule has 0 radical (unpaired) electrons. The van der Waals surface area contributed by atoms with Crippen molar-refractivity contribution in [1.29, 1.82) is 0 Å². The molecule has 0 aliphatic carbocycles. The number of imidazole rings is 1. The molecule has 0 saturated carbocycles. The zero-order valence-electron chi connectivity index (χ0n) is 17.4. The average Bonchev–Trinajstić information content (AvgIpc) is 3.41. The zero-order valence-corrected chi connectivity index (χ0v) is 19.0. The molecule has 4 nitrogen and oxygen atoms in total. The predicted molar refractivity (Wildman–Crippen MR) is 124 cm³/mol. The van der Waals surface area contributed by atoms with E-state index in [4.69, 9.17) is 16.3 Å². The molecule has 2 heterocycles. The van der Waals surface area contributed by atoms with Crippen molar-refractivity contribution in [2.45, 2.75) is 45.6 Å². The van der Waals surface area contributed by atoms with E-state index in [2.05, 4.69) is 27.9 Å². The molecule has 3 aromatic rings. The zero-order chi connectivity index (χ0) is 21.3. The highest BCUT2D eigenvalue weighted by atomic mass is 35.5. The van der Waals surface area contributed by atoms with E-state index in [1.165, 1.54) is 12.0 Å². The fourth-order valence-corrected chi connectivity index (χ4v) is 4.22. The van der Waals surface area contributed by atoms with Gasteiger partial charge in [0.2, 0.25) is 0 Å². The molecule has 0 unspecified atom stereocenters. The lowest BCUT2D eigenvalue weighted by Crippen LogP contribution is -2.10. The third-order valence-electron chi connectivity index (χ3n) is 5.00. The van der Waals surface area contributed by atoms with Crippen LogP contribution in [0.4, 0.5) is 0 Å². The SMILES string of the molecule is CCCCc1ncc(/C=C(\CCc2cccs2)C(=O)OC)n1Cc1ccccc1Cl. The highest BCUT2D eigenvalue weighted by Crippen LogP contribution is 2.22. The summed E-state index contributed by atoms with van der Waals surface area (Å²) < 4.78 is 7.21. The summed E-state index contributed by atoms with van der Waals surface area (Å²) >= 11 is 8.11. The molecule has 0 aliphatic rings. The van der Waals surface area contributed by atoms with Crippen LogP contribution < -0.4 is 0 Å². The van der Waals surface area contributed by atoms with Crippen molar-refractivity contribution in [3.05, 3.63) is 80.5 Å². The Morgan fingerprint density at radius 1 is 1.23 bits per heavy atom. The highest BCUT2D eigenvalue weighted by molar-refractivity contribution is 7.09. The van der Waals surface area contributed by atoms with Crippen molar-refractivity contribution in [3.8, 4) is 0 Å². The molecule has 0 saturated heterocycles. The van der Waals surface area contributed by atoms with E-state index in [9.17, 15) is 4.79 Å². The third kappa shape index (κ3) is 5.83. The summed E-state index contributed by atoms with van der Waals surface area (Å²) in [5, 5.41) is 2.78. The summed E-state index contributed by atoms with van der Waals surface area (Å²) in [6.45, 7) is 2.78. The van der Waals surface area contributed by atoms with Gasteiger partial charge in [0.15, 0.2) is 0 Å². The monoisotopic (exact) mass is 442 g/mol. The third-order valence-corrected chi connectivity index (χ3v) is 6.30. The van der Waals surface area contributed by atoms with Gasteiger partial charge in [-0.15, -0.1) is 11.3 Å². The molecule has 0 atom stereocenters. The molecule has 6 heteroatoms. The van der Waals surface area contributed by atoms with Gasteiger partial charge in [0, 0.05) is 21.9 Å². The second kappa shape index (κ2) is 11.1. The number of methoxy groups -OCH3 is 1. The Labute approximate surface area is 187 Å². The molecule has 158 valence electrons. The fraction of sp³-hybridized carbons (Fsp3) is 0.333. The van der Waals surface area contributed by atoms with Crippen LogP contribution in [0.15, 0.2) is 53.5 Å². The summed E-state index contributed by atoms with van der Waals surface area (Å²) in [6, 6.07) is 12.0. The van der Waals surface area contributed by atoms with Crippen molar-refractivity contribution < 1.29 is 9.53 Å². The Hall–Kier alpha value is -2.37. The van der Waals surface area contributed by atoms with Gasteiger partial charge in [0.1, 0.15) is 5.82 Å². The van der Waals surface area contributed by atoms with Crippen molar-refractivity contribution in [2.24, 2.45) is 0 Å². The van der Waals surface area contributed by atoms with E-state index in [-0.39, 0.29) is 5.97 Å². The number of unbranched alkanes of at least 4 members (excludes halogenated alkanes) is 1. The number of hydrogen-bond donors (Lipinski definition) is 0. The number of ether oxygens (including phenoxy) is 1. The lowest BCUT2D eigenvalue weighted by molar-refractivity contribution is -0.136. The largest absolute Gasteiger partial charge is 0.466 e. The van der Waals surface area contributed by atoms with Gasteiger partial charge in [-0.3, -0.25) is 0 Å². The van der Waals surface area contributed by atoms with Gasteiger partial charge in [0.25, 0.3) is 0 Å². The maximum absolute atomic E-state index is 12.4. The second-order valence-electron chi connectivity index (χ2n) is 7.12. The molecular formula is C24H27ClN2O2S. The minimum Gasteiger partial charge on any atom is -0.466 e. The number of benzene rings is 1. The van der Waals surface area contributed by atoms with Gasteiger partial charge in [-0.1, -0.05) is 49.2 Å². The highest BCUT2D eigenvalue weighted by Gasteiger charge is 2.15. The maximum Gasteiger partial charge on any atom is 0.333 e. The standard InChI is InChI=1S/C24H27ClN2O2S/c1-3-4-11-23-26-16-20(27(23)17-19-8-5-6-10-22(19)25)15-18(24(28)29-2)12-13-21-9-7-14-30-21/h5-10,14-16H,3-4,11-13,17H2,1-2H3/b18-15+. The molecule has 0 aliphatic heterocycles. The van der Waals surface area contributed by atoms with Crippen LogP contribution in [0.2, 0.25) is 5.02 Å². The summed E-state index contributed by atoms with van der Waals surface area (Å²) in [5.74, 6) is 0.706. The van der Waals surface area contributed by atoms with Crippen LogP contribution >= 0.6 is 22.9 Å². The first kappa shape index (κ1) is 22.3. The molecule has 0 N–H and O–H groups in total. The van der Waals surface area contributed by atoms with E-state index >= 15 is 0 Å². The van der Waals surface area contributed by atoms with Crippen molar-refractivity contribution >= 4 is 35.0 Å². The minimum atomic E-state index is -0.299.